The van der Waals surface area contributed by atoms with Crippen molar-refractivity contribution in [1.29, 1.82) is 0 Å². The van der Waals surface area contributed by atoms with Crippen molar-refractivity contribution in [3.8, 4) is 0 Å². The first kappa shape index (κ1) is 7.73. The van der Waals surface area contributed by atoms with E-state index in [0.717, 1.165) is 0 Å². The van der Waals surface area contributed by atoms with E-state index < -0.39 is 5.60 Å². The largest absolute Gasteiger partial charge is 0.382 e. The highest BCUT2D eigenvalue weighted by atomic mass is 16.3. The van der Waals surface area contributed by atoms with Gasteiger partial charge in [0.05, 0.1) is 0 Å². The summed E-state index contributed by atoms with van der Waals surface area (Å²) in [7, 11) is 0. The molecule has 1 N–H and O–H groups in total. The maximum atomic E-state index is 11.3. The predicted molar refractivity (Wildman–Crippen MR) is 38.6 cm³/mol. The fourth-order valence-corrected chi connectivity index (χ4v) is 1.04. The minimum Gasteiger partial charge on any atom is -0.382 e. The van der Waals surface area contributed by atoms with E-state index in [0.29, 0.717) is 12.8 Å². The molecule has 58 valence electrons. The Morgan fingerprint density at radius 3 is 1.90 bits per heavy atom. The van der Waals surface area contributed by atoms with Gasteiger partial charge in [0.2, 0.25) is 0 Å². The number of Topliss-reactive ketones (excluding diaryl/α,β-unsaturated/α-hetero) is 1. The lowest BCUT2D eigenvalue weighted by Crippen LogP contribution is -2.33. The first-order valence-electron chi connectivity index (χ1n) is 3.63. The summed E-state index contributed by atoms with van der Waals surface area (Å²) >= 11 is 0. The van der Waals surface area contributed by atoms with E-state index in [1.165, 1.54) is 0 Å². The van der Waals surface area contributed by atoms with Crippen molar-refractivity contribution < 1.29 is 9.90 Å². The van der Waals surface area contributed by atoms with E-state index in [1.807, 2.05) is 20.8 Å². The molecule has 10 heavy (non-hydrogen) atoms. The molecular formula is C8H14O2. The molecule has 1 aliphatic rings. The van der Waals surface area contributed by atoms with Crippen LogP contribution in [-0.4, -0.2) is 16.5 Å². The molecule has 0 atom stereocenters. The molecule has 0 heterocycles. The molecule has 0 aromatic heterocycles. The van der Waals surface area contributed by atoms with Crippen LogP contribution in [0.25, 0.3) is 0 Å². The van der Waals surface area contributed by atoms with Crippen LogP contribution in [0.3, 0.4) is 0 Å². The number of hydrogen-bond acceptors (Lipinski definition) is 2. The Morgan fingerprint density at radius 2 is 1.80 bits per heavy atom. The Bertz CT molecular complexity index is 153. The second kappa shape index (κ2) is 1.82. The van der Waals surface area contributed by atoms with Crippen LogP contribution in [0.15, 0.2) is 0 Å². The van der Waals surface area contributed by atoms with E-state index >= 15 is 0 Å². The number of carbonyl (C=O) groups is 1. The molecule has 1 rings (SSSR count). The second-order valence-corrected chi connectivity index (χ2v) is 4.11. The van der Waals surface area contributed by atoms with Gasteiger partial charge in [0.15, 0.2) is 5.78 Å². The van der Waals surface area contributed by atoms with E-state index in [4.69, 9.17) is 0 Å². The summed E-state index contributed by atoms with van der Waals surface area (Å²) < 4.78 is 0. The molecule has 0 aliphatic heterocycles. The van der Waals surface area contributed by atoms with Gasteiger partial charge < -0.3 is 5.11 Å². The van der Waals surface area contributed by atoms with E-state index in [9.17, 15) is 9.90 Å². The van der Waals surface area contributed by atoms with Crippen molar-refractivity contribution in [1.82, 2.24) is 0 Å². The van der Waals surface area contributed by atoms with Crippen LogP contribution in [-0.2, 0) is 4.79 Å². The van der Waals surface area contributed by atoms with Crippen molar-refractivity contribution in [3.05, 3.63) is 0 Å². The Labute approximate surface area is 61.2 Å². The summed E-state index contributed by atoms with van der Waals surface area (Å²) in [5.74, 6) is -0.0139. The topological polar surface area (TPSA) is 37.3 Å². The Kier molecular flexibility index (Phi) is 1.40. The maximum Gasteiger partial charge on any atom is 0.169 e. The standard InChI is InChI=1S/C8H14O2/c1-7(2,3)6(9)8(10)4-5-8/h10H,4-5H2,1-3H3. The van der Waals surface area contributed by atoms with Crippen LogP contribution in [0.1, 0.15) is 33.6 Å². The SMILES string of the molecule is CC(C)(C)C(=O)C1(O)CC1. The fourth-order valence-electron chi connectivity index (χ4n) is 1.04. The fraction of sp³-hybridized carbons (Fsp3) is 0.875. The molecule has 0 spiro atoms. The lowest BCUT2D eigenvalue weighted by molar-refractivity contribution is -0.137. The van der Waals surface area contributed by atoms with Gasteiger partial charge in [-0.1, -0.05) is 20.8 Å². The highest BCUT2D eigenvalue weighted by molar-refractivity contribution is 5.93. The van der Waals surface area contributed by atoms with Crippen molar-refractivity contribution in [2.75, 3.05) is 0 Å². The minimum atomic E-state index is -0.946. The maximum absolute atomic E-state index is 11.3. The van der Waals surface area contributed by atoms with E-state index in [-0.39, 0.29) is 11.2 Å². The van der Waals surface area contributed by atoms with Gasteiger partial charge in [0.1, 0.15) is 5.60 Å². The van der Waals surface area contributed by atoms with Crippen molar-refractivity contribution in [3.63, 3.8) is 0 Å². The molecule has 0 aromatic carbocycles. The molecular weight excluding hydrogens is 128 g/mol. The molecule has 1 saturated carbocycles. The van der Waals surface area contributed by atoms with Crippen LogP contribution >= 0.6 is 0 Å². The zero-order valence-electron chi connectivity index (χ0n) is 6.77. The minimum absolute atomic E-state index is 0.0139. The average Bonchev–Trinajstić information content (AvgIpc) is 2.45. The molecule has 0 radical (unpaired) electrons. The van der Waals surface area contributed by atoms with E-state index in [2.05, 4.69) is 0 Å². The predicted octanol–water partition coefficient (Wildman–Crippen LogP) is 1.13. The lowest BCUT2D eigenvalue weighted by atomic mass is 9.86. The average molecular weight is 142 g/mol. The summed E-state index contributed by atoms with van der Waals surface area (Å²) in [5.41, 5.74) is -1.33. The Morgan fingerprint density at radius 1 is 1.40 bits per heavy atom. The van der Waals surface area contributed by atoms with Gasteiger partial charge in [-0.05, 0) is 12.8 Å². The van der Waals surface area contributed by atoms with Crippen molar-refractivity contribution >= 4 is 5.78 Å². The monoisotopic (exact) mass is 142 g/mol. The molecule has 2 heteroatoms. The van der Waals surface area contributed by atoms with Crippen LogP contribution in [0.2, 0.25) is 0 Å². The van der Waals surface area contributed by atoms with Crippen LogP contribution in [0.4, 0.5) is 0 Å². The molecule has 0 amide bonds. The highest BCUT2D eigenvalue weighted by Crippen LogP contribution is 2.41. The number of ketones is 1. The number of carbonyl (C=O) groups excluding carboxylic acids is 1. The smallest absolute Gasteiger partial charge is 0.169 e. The van der Waals surface area contributed by atoms with Gasteiger partial charge >= 0.3 is 0 Å². The zero-order valence-corrected chi connectivity index (χ0v) is 6.77. The Balaban J connectivity index is 2.67. The first-order valence-corrected chi connectivity index (χ1v) is 3.63. The number of rotatable bonds is 1. The van der Waals surface area contributed by atoms with Gasteiger partial charge in [-0.2, -0.15) is 0 Å². The van der Waals surface area contributed by atoms with E-state index in [1.54, 1.807) is 0 Å². The van der Waals surface area contributed by atoms with Gasteiger partial charge in [0, 0.05) is 5.41 Å². The lowest BCUT2D eigenvalue weighted by Gasteiger charge is -2.19. The number of hydrogen-bond donors (Lipinski definition) is 1. The summed E-state index contributed by atoms with van der Waals surface area (Å²) in [6, 6.07) is 0. The summed E-state index contributed by atoms with van der Waals surface area (Å²) in [6.45, 7) is 5.52. The zero-order chi connectivity index (χ0) is 7.99. The van der Waals surface area contributed by atoms with Crippen LogP contribution < -0.4 is 0 Å². The van der Waals surface area contributed by atoms with Crippen molar-refractivity contribution in [2.45, 2.75) is 39.2 Å². The molecule has 2 nitrogen and oxygen atoms in total. The van der Waals surface area contributed by atoms with Crippen LogP contribution in [0.5, 0.6) is 0 Å². The van der Waals surface area contributed by atoms with Gasteiger partial charge in [0.25, 0.3) is 0 Å². The van der Waals surface area contributed by atoms with Gasteiger partial charge in [-0.3, -0.25) is 4.79 Å². The third-order valence-electron chi connectivity index (χ3n) is 1.83. The first-order chi connectivity index (χ1) is 4.36. The Hall–Kier alpha value is -0.370. The normalized spacial score (nSPS) is 22.4. The summed E-state index contributed by atoms with van der Waals surface area (Å²) in [6.07, 6.45) is 1.31. The highest BCUT2D eigenvalue weighted by Gasteiger charge is 2.51. The van der Waals surface area contributed by atoms with Crippen LogP contribution in [0, 0.1) is 5.41 Å². The van der Waals surface area contributed by atoms with Crippen molar-refractivity contribution in [2.24, 2.45) is 5.41 Å². The van der Waals surface area contributed by atoms with Gasteiger partial charge in [-0.15, -0.1) is 0 Å². The third kappa shape index (κ3) is 1.21. The second-order valence-electron chi connectivity index (χ2n) is 4.11. The third-order valence-corrected chi connectivity index (χ3v) is 1.83. The molecule has 0 saturated heterocycles. The molecule has 0 unspecified atom stereocenters. The quantitative estimate of drug-likeness (QED) is 0.595. The number of aliphatic hydroxyl groups is 1. The molecule has 1 fully saturated rings. The molecule has 1 aliphatic carbocycles. The molecule has 0 aromatic rings. The molecule has 0 bridgehead atoms. The summed E-state index contributed by atoms with van der Waals surface area (Å²) in [4.78, 5) is 11.3. The summed E-state index contributed by atoms with van der Waals surface area (Å²) in [5, 5.41) is 9.38. The van der Waals surface area contributed by atoms with Gasteiger partial charge in [-0.25, -0.2) is 0 Å².